The smallest absolute Gasteiger partial charge is 0.246 e. The Labute approximate surface area is 93.7 Å². The first-order valence-corrected chi connectivity index (χ1v) is 5.28. The van der Waals surface area contributed by atoms with E-state index in [9.17, 15) is 4.79 Å². The van der Waals surface area contributed by atoms with E-state index in [1.54, 1.807) is 41.0 Å². The number of carbonyl (C=O) groups excluding carboxylic acids is 1. The Bertz CT molecular complexity index is 498. The van der Waals surface area contributed by atoms with E-state index in [1.165, 1.54) is 0 Å². The molecule has 16 heavy (non-hydrogen) atoms. The maximum absolute atomic E-state index is 12.1. The van der Waals surface area contributed by atoms with Crippen LogP contribution in [-0.2, 0) is 13.6 Å². The lowest BCUT2D eigenvalue weighted by atomic mass is 10.2. The molecule has 5 nitrogen and oxygen atoms in total. The third-order valence-corrected chi connectivity index (χ3v) is 2.41. The molecule has 0 aliphatic heterocycles. The van der Waals surface area contributed by atoms with Crippen LogP contribution in [0.4, 0.5) is 0 Å². The summed E-state index contributed by atoms with van der Waals surface area (Å²) in [6.07, 6.45) is 5.97. The Morgan fingerprint density at radius 1 is 1.44 bits per heavy atom. The van der Waals surface area contributed by atoms with Gasteiger partial charge in [0.05, 0.1) is 0 Å². The maximum atomic E-state index is 12.1. The molecule has 0 aliphatic carbocycles. The number of ketones is 1. The van der Waals surface area contributed by atoms with Crippen LogP contribution in [-0.4, -0.2) is 25.1 Å². The van der Waals surface area contributed by atoms with Gasteiger partial charge in [0.25, 0.3) is 0 Å². The first-order chi connectivity index (χ1) is 7.74. The predicted molar refractivity (Wildman–Crippen MR) is 59.2 cm³/mol. The van der Waals surface area contributed by atoms with E-state index in [0.717, 1.165) is 13.0 Å². The van der Waals surface area contributed by atoms with Crippen molar-refractivity contribution in [2.24, 2.45) is 7.05 Å². The number of aryl methyl sites for hydroxylation is 2. The average Bonchev–Trinajstić information content (AvgIpc) is 2.87. The molecule has 0 amide bonds. The molecule has 2 aromatic heterocycles. The van der Waals surface area contributed by atoms with Crippen LogP contribution >= 0.6 is 0 Å². The van der Waals surface area contributed by atoms with E-state index in [-0.39, 0.29) is 5.78 Å². The van der Waals surface area contributed by atoms with Gasteiger partial charge in [-0.3, -0.25) is 9.48 Å². The monoisotopic (exact) mass is 218 g/mol. The molecule has 2 rings (SSSR count). The number of rotatable bonds is 4. The van der Waals surface area contributed by atoms with Crippen LogP contribution in [0.3, 0.4) is 0 Å². The van der Waals surface area contributed by atoms with Crippen LogP contribution in [0.15, 0.2) is 24.7 Å². The molecule has 0 saturated heterocycles. The fourth-order valence-corrected chi connectivity index (χ4v) is 1.61. The zero-order chi connectivity index (χ0) is 11.5. The standard InChI is InChI=1S/C11H14N4O/c1-3-7-15-9(4-5-13-15)10(16)11-12-6-8-14(11)2/h4-6,8H,3,7H2,1-2H3. The van der Waals surface area contributed by atoms with Gasteiger partial charge in [-0.25, -0.2) is 4.98 Å². The second-order valence-electron chi connectivity index (χ2n) is 3.63. The molecule has 0 spiro atoms. The Kier molecular flexibility index (Phi) is 2.85. The van der Waals surface area contributed by atoms with E-state index in [2.05, 4.69) is 17.0 Å². The number of nitrogens with zero attached hydrogens (tertiary/aromatic N) is 4. The quantitative estimate of drug-likeness (QED) is 0.726. The summed E-state index contributed by atoms with van der Waals surface area (Å²) in [5.74, 6) is 0.358. The summed E-state index contributed by atoms with van der Waals surface area (Å²) < 4.78 is 3.43. The van der Waals surface area contributed by atoms with Crippen LogP contribution in [0.1, 0.15) is 29.7 Å². The minimum absolute atomic E-state index is 0.0848. The summed E-state index contributed by atoms with van der Waals surface area (Å²) in [7, 11) is 1.81. The molecule has 0 bridgehead atoms. The molecule has 0 unspecified atom stereocenters. The number of carbonyl (C=O) groups is 1. The summed E-state index contributed by atoms with van der Waals surface area (Å²) in [5.41, 5.74) is 0.594. The highest BCUT2D eigenvalue weighted by Gasteiger charge is 2.17. The van der Waals surface area contributed by atoms with E-state index in [0.29, 0.717) is 11.5 Å². The molecular formula is C11H14N4O. The molecule has 0 N–H and O–H groups in total. The van der Waals surface area contributed by atoms with Crippen molar-refractivity contribution in [2.45, 2.75) is 19.9 Å². The molecule has 2 heterocycles. The third-order valence-electron chi connectivity index (χ3n) is 2.41. The zero-order valence-electron chi connectivity index (χ0n) is 9.42. The molecular weight excluding hydrogens is 204 g/mol. The lowest BCUT2D eigenvalue weighted by Gasteiger charge is -2.04. The van der Waals surface area contributed by atoms with Crippen molar-refractivity contribution in [1.29, 1.82) is 0 Å². The molecule has 0 radical (unpaired) electrons. The Hall–Kier alpha value is -1.91. The average molecular weight is 218 g/mol. The molecule has 0 atom stereocenters. The van der Waals surface area contributed by atoms with Gasteiger partial charge in [0.1, 0.15) is 5.69 Å². The van der Waals surface area contributed by atoms with E-state index < -0.39 is 0 Å². The van der Waals surface area contributed by atoms with Gasteiger partial charge in [-0.05, 0) is 12.5 Å². The largest absolute Gasteiger partial charge is 0.331 e. The summed E-state index contributed by atoms with van der Waals surface area (Å²) in [6, 6.07) is 1.73. The zero-order valence-corrected chi connectivity index (χ0v) is 9.42. The van der Waals surface area contributed by atoms with Gasteiger partial charge in [-0.1, -0.05) is 6.92 Å². The molecule has 0 aliphatic rings. The van der Waals surface area contributed by atoms with Gasteiger partial charge in [0.15, 0.2) is 5.82 Å². The minimum Gasteiger partial charge on any atom is -0.331 e. The highest BCUT2D eigenvalue weighted by atomic mass is 16.1. The molecule has 0 aromatic carbocycles. The first-order valence-electron chi connectivity index (χ1n) is 5.28. The van der Waals surface area contributed by atoms with E-state index in [1.807, 2.05) is 0 Å². The van der Waals surface area contributed by atoms with Crippen molar-refractivity contribution in [3.63, 3.8) is 0 Å². The van der Waals surface area contributed by atoms with Gasteiger partial charge in [-0.2, -0.15) is 5.10 Å². The van der Waals surface area contributed by atoms with Crippen molar-refractivity contribution in [3.05, 3.63) is 36.2 Å². The lowest BCUT2D eigenvalue weighted by Crippen LogP contribution is -2.15. The van der Waals surface area contributed by atoms with Gasteiger partial charge in [0, 0.05) is 32.2 Å². The van der Waals surface area contributed by atoms with Crippen LogP contribution in [0.2, 0.25) is 0 Å². The highest BCUT2D eigenvalue weighted by molar-refractivity contribution is 6.05. The normalized spacial score (nSPS) is 10.6. The van der Waals surface area contributed by atoms with E-state index >= 15 is 0 Å². The molecule has 0 saturated carbocycles. The second-order valence-corrected chi connectivity index (χ2v) is 3.63. The van der Waals surface area contributed by atoms with E-state index in [4.69, 9.17) is 0 Å². The number of imidazole rings is 1. The summed E-state index contributed by atoms with van der Waals surface area (Å²) in [4.78, 5) is 16.2. The Balaban J connectivity index is 2.34. The van der Waals surface area contributed by atoms with Crippen molar-refractivity contribution in [1.82, 2.24) is 19.3 Å². The van der Waals surface area contributed by atoms with Crippen molar-refractivity contribution < 1.29 is 4.79 Å². The molecule has 2 aromatic rings. The maximum Gasteiger partial charge on any atom is 0.246 e. The number of hydrogen-bond donors (Lipinski definition) is 0. The fraction of sp³-hybridized carbons (Fsp3) is 0.364. The summed E-state index contributed by atoms with van der Waals surface area (Å²) >= 11 is 0. The predicted octanol–water partition coefficient (Wildman–Crippen LogP) is 1.26. The second kappa shape index (κ2) is 4.30. The first kappa shape index (κ1) is 10.6. The summed E-state index contributed by atoms with van der Waals surface area (Å²) in [6.45, 7) is 2.80. The fourth-order valence-electron chi connectivity index (χ4n) is 1.61. The third kappa shape index (κ3) is 1.76. The molecule has 5 heteroatoms. The Morgan fingerprint density at radius 3 is 2.88 bits per heavy atom. The number of hydrogen-bond acceptors (Lipinski definition) is 3. The van der Waals surface area contributed by atoms with Gasteiger partial charge < -0.3 is 4.57 Å². The van der Waals surface area contributed by atoms with Crippen LogP contribution in [0, 0.1) is 0 Å². The lowest BCUT2D eigenvalue weighted by molar-refractivity contribution is 0.101. The summed E-state index contributed by atoms with van der Waals surface area (Å²) in [5, 5.41) is 4.13. The molecule has 0 fully saturated rings. The van der Waals surface area contributed by atoms with Gasteiger partial charge in [0.2, 0.25) is 5.78 Å². The van der Waals surface area contributed by atoms with Crippen LogP contribution in [0.25, 0.3) is 0 Å². The topological polar surface area (TPSA) is 52.7 Å². The van der Waals surface area contributed by atoms with Crippen molar-refractivity contribution in [3.8, 4) is 0 Å². The number of aromatic nitrogens is 4. The van der Waals surface area contributed by atoms with Crippen LogP contribution in [0.5, 0.6) is 0 Å². The van der Waals surface area contributed by atoms with Gasteiger partial charge in [-0.15, -0.1) is 0 Å². The molecule has 84 valence electrons. The minimum atomic E-state index is -0.0848. The highest BCUT2D eigenvalue weighted by Crippen LogP contribution is 2.07. The van der Waals surface area contributed by atoms with Gasteiger partial charge >= 0.3 is 0 Å². The SMILES string of the molecule is CCCn1nccc1C(=O)c1nccn1C. The Morgan fingerprint density at radius 2 is 2.25 bits per heavy atom. The van der Waals surface area contributed by atoms with Crippen LogP contribution < -0.4 is 0 Å². The van der Waals surface area contributed by atoms with Crippen molar-refractivity contribution in [2.75, 3.05) is 0 Å². The van der Waals surface area contributed by atoms with Crippen molar-refractivity contribution >= 4 is 5.78 Å².